The first-order chi connectivity index (χ1) is 9.06. The van der Waals surface area contributed by atoms with Crippen LogP contribution in [0, 0.1) is 17.2 Å². The van der Waals surface area contributed by atoms with Crippen molar-refractivity contribution in [2.45, 2.75) is 33.2 Å². The van der Waals surface area contributed by atoms with Crippen molar-refractivity contribution in [2.75, 3.05) is 0 Å². The molecule has 6 heteroatoms. The first kappa shape index (κ1) is 13.6. The van der Waals surface area contributed by atoms with E-state index in [2.05, 4.69) is 11.9 Å². The molecule has 0 aliphatic heterocycles. The van der Waals surface area contributed by atoms with Crippen molar-refractivity contribution >= 4 is 21.6 Å². The first-order valence-corrected chi connectivity index (χ1v) is 7.03. The smallest absolute Gasteiger partial charge is 0.298 e. The molecule has 0 saturated carbocycles. The Morgan fingerprint density at radius 1 is 1.53 bits per heavy atom. The summed E-state index contributed by atoms with van der Waals surface area (Å²) < 4.78 is 1.11. The number of hydrogen-bond acceptors (Lipinski definition) is 4. The molecule has 0 aliphatic rings. The van der Waals surface area contributed by atoms with Crippen LogP contribution in [0.15, 0.2) is 15.7 Å². The molecule has 100 valence electrons. The highest BCUT2D eigenvalue weighted by atomic mass is 32.1. The molecule has 0 spiro atoms. The summed E-state index contributed by atoms with van der Waals surface area (Å²) in [5, 5.41) is 9.33. The molecular weight excluding hydrogens is 262 g/mol. The van der Waals surface area contributed by atoms with Crippen molar-refractivity contribution < 1.29 is 0 Å². The zero-order chi connectivity index (χ0) is 14.0. The van der Waals surface area contributed by atoms with Crippen LogP contribution in [0.5, 0.6) is 0 Å². The van der Waals surface area contributed by atoms with Gasteiger partial charge in [0.15, 0.2) is 0 Å². The van der Waals surface area contributed by atoms with E-state index in [0.717, 1.165) is 22.3 Å². The molecule has 0 radical (unpaired) electrons. The van der Waals surface area contributed by atoms with Gasteiger partial charge in [0.2, 0.25) is 0 Å². The lowest BCUT2D eigenvalue weighted by atomic mass is 10.2. The summed E-state index contributed by atoms with van der Waals surface area (Å²) in [6.07, 6.45) is 1.89. The van der Waals surface area contributed by atoms with E-state index in [1.807, 2.05) is 12.1 Å². The number of rotatable bonds is 4. The maximum Gasteiger partial charge on any atom is 0.329 e. The second-order valence-corrected chi connectivity index (χ2v) is 5.72. The van der Waals surface area contributed by atoms with Gasteiger partial charge in [-0.1, -0.05) is 13.3 Å². The average Bonchev–Trinajstić information content (AvgIpc) is 2.77. The fourth-order valence-electron chi connectivity index (χ4n) is 1.95. The molecule has 19 heavy (non-hydrogen) atoms. The quantitative estimate of drug-likeness (QED) is 0.926. The Labute approximate surface area is 114 Å². The summed E-state index contributed by atoms with van der Waals surface area (Å²) in [7, 11) is 0. The maximum atomic E-state index is 12.3. The highest BCUT2D eigenvalue weighted by Crippen LogP contribution is 2.21. The Kier molecular flexibility index (Phi) is 3.86. The van der Waals surface area contributed by atoms with E-state index in [-0.39, 0.29) is 18.0 Å². The first-order valence-electron chi connectivity index (χ1n) is 6.22. The van der Waals surface area contributed by atoms with Crippen LogP contribution in [0.25, 0.3) is 10.2 Å². The Morgan fingerprint density at radius 2 is 2.26 bits per heavy atom. The molecule has 1 unspecified atom stereocenters. The summed E-state index contributed by atoms with van der Waals surface area (Å²) in [4.78, 5) is 28.6. The minimum absolute atomic E-state index is 0.125. The Bertz CT molecular complexity index is 748. The van der Waals surface area contributed by atoms with Crippen molar-refractivity contribution in [1.82, 2.24) is 9.55 Å². The topological polar surface area (TPSA) is 78.7 Å². The molecule has 5 nitrogen and oxygen atoms in total. The van der Waals surface area contributed by atoms with Gasteiger partial charge in [0.05, 0.1) is 17.4 Å². The fourth-order valence-corrected chi connectivity index (χ4v) is 3.09. The number of fused-ring (bicyclic) bond motifs is 1. The van der Waals surface area contributed by atoms with Crippen LogP contribution in [-0.2, 0) is 13.0 Å². The SMILES string of the molecule is CCCc1cc2c(=O)n(CC(C)C#N)c(=O)[nH]c2s1. The summed E-state index contributed by atoms with van der Waals surface area (Å²) in [5.41, 5.74) is -0.746. The van der Waals surface area contributed by atoms with Gasteiger partial charge in [0.25, 0.3) is 5.56 Å². The van der Waals surface area contributed by atoms with Crippen molar-refractivity contribution in [3.05, 3.63) is 31.8 Å². The standard InChI is InChI=1S/C13H15N3O2S/c1-3-4-9-5-10-11(19-9)15-13(18)16(12(10)17)7-8(2)6-14/h5,8H,3-4,7H2,1-2H3,(H,15,18). The number of nitriles is 1. The molecule has 0 amide bonds. The van der Waals surface area contributed by atoms with Crippen molar-refractivity contribution in [3.63, 3.8) is 0 Å². The fraction of sp³-hybridized carbons (Fsp3) is 0.462. The number of hydrogen-bond donors (Lipinski definition) is 1. The van der Waals surface area contributed by atoms with E-state index in [9.17, 15) is 9.59 Å². The number of aromatic nitrogens is 2. The van der Waals surface area contributed by atoms with E-state index < -0.39 is 5.69 Å². The number of thiophene rings is 1. The van der Waals surface area contributed by atoms with E-state index in [4.69, 9.17) is 5.26 Å². The Balaban J connectivity index is 2.58. The van der Waals surface area contributed by atoms with Gasteiger partial charge in [0.1, 0.15) is 4.83 Å². The molecule has 0 fully saturated rings. The van der Waals surface area contributed by atoms with E-state index in [1.165, 1.54) is 11.3 Å². The molecule has 0 saturated heterocycles. The lowest BCUT2D eigenvalue weighted by molar-refractivity contribution is 0.544. The molecule has 1 N–H and O–H groups in total. The second kappa shape index (κ2) is 5.41. The molecule has 0 bridgehead atoms. The lowest BCUT2D eigenvalue weighted by Gasteiger charge is -2.05. The molecule has 2 heterocycles. The maximum absolute atomic E-state index is 12.3. The van der Waals surface area contributed by atoms with Crippen LogP contribution in [0.4, 0.5) is 0 Å². The predicted molar refractivity (Wildman–Crippen MR) is 75.5 cm³/mol. The Hall–Kier alpha value is -1.87. The number of nitrogens with zero attached hydrogens (tertiary/aromatic N) is 2. The molecule has 0 aromatic carbocycles. The highest BCUT2D eigenvalue weighted by Gasteiger charge is 2.12. The second-order valence-electron chi connectivity index (χ2n) is 4.58. The van der Waals surface area contributed by atoms with Gasteiger partial charge in [-0.15, -0.1) is 11.3 Å². The van der Waals surface area contributed by atoms with Gasteiger partial charge >= 0.3 is 5.69 Å². The van der Waals surface area contributed by atoms with E-state index in [0.29, 0.717) is 10.2 Å². The monoisotopic (exact) mass is 277 g/mol. The number of H-pyrrole nitrogens is 1. The van der Waals surface area contributed by atoms with Crippen molar-refractivity contribution in [1.29, 1.82) is 5.26 Å². The molecule has 2 aromatic heterocycles. The molecule has 1 atom stereocenters. The summed E-state index contributed by atoms with van der Waals surface area (Å²) in [5.74, 6) is -0.370. The van der Waals surface area contributed by atoms with E-state index >= 15 is 0 Å². The van der Waals surface area contributed by atoms with Crippen molar-refractivity contribution in [3.8, 4) is 6.07 Å². The van der Waals surface area contributed by atoms with Crippen LogP contribution in [0.2, 0.25) is 0 Å². The molecule has 2 rings (SSSR count). The third-order valence-electron chi connectivity index (χ3n) is 2.90. The summed E-state index contributed by atoms with van der Waals surface area (Å²) >= 11 is 1.45. The third kappa shape index (κ3) is 2.61. The van der Waals surface area contributed by atoms with Crippen LogP contribution in [-0.4, -0.2) is 9.55 Å². The van der Waals surface area contributed by atoms with Gasteiger partial charge in [-0.05, 0) is 19.4 Å². The van der Waals surface area contributed by atoms with Crippen LogP contribution in [0.1, 0.15) is 25.1 Å². The molecule has 2 aromatic rings. The van der Waals surface area contributed by atoms with Crippen LogP contribution in [0.3, 0.4) is 0 Å². The summed E-state index contributed by atoms with van der Waals surface area (Å²) in [6.45, 7) is 3.88. The zero-order valence-electron chi connectivity index (χ0n) is 10.9. The predicted octanol–water partition coefficient (Wildman–Crippen LogP) is 1.86. The normalized spacial score (nSPS) is 12.5. The van der Waals surface area contributed by atoms with Crippen LogP contribution >= 0.6 is 11.3 Å². The average molecular weight is 277 g/mol. The molecular formula is C13H15N3O2S. The lowest BCUT2D eigenvalue weighted by Crippen LogP contribution is -2.36. The molecule has 0 aliphatic carbocycles. The van der Waals surface area contributed by atoms with Gasteiger partial charge in [-0.3, -0.25) is 14.3 Å². The van der Waals surface area contributed by atoms with Crippen molar-refractivity contribution in [2.24, 2.45) is 5.92 Å². The number of nitrogens with one attached hydrogen (secondary N) is 1. The van der Waals surface area contributed by atoms with E-state index in [1.54, 1.807) is 6.92 Å². The van der Waals surface area contributed by atoms with Crippen LogP contribution < -0.4 is 11.2 Å². The Morgan fingerprint density at radius 3 is 2.89 bits per heavy atom. The zero-order valence-corrected chi connectivity index (χ0v) is 11.7. The van der Waals surface area contributed by atoms with Gasteiger partial charge < -0.3 is 0 Å². The third-order valence-corrected chi connectivity index (χ3v) is 4.01. The van der Waals surface area contributed by atoms with Gasteiger partial charge in [-0.25, -0.2) is 4.79 Å². The highest BCUT2D eigenvalue weighted by molar-refractivity contribution is 7.18. The van der Waals surface area contributed by atoms with Gasteiger partial charge in [0, 0.05) is 11.4 Å². The number of aromatic amines is 1. The van der Waals surface area contributed by atoms with Gasteiger partial charge in [-0.2, -0.15) is 5.26 Å². The largest absolute Gasteiger partial charge is 0.329 e. The number of aryl methyl sites for hydroxylation is 1. The summed E-state index contributed by atoms with van der Waals surface area (Å²) in [6, 6.07) is 3.87. The minimum Gasteiger partial charge on any atom is -0.298 e. The minimum atomic E-state index is -0.440.